The molecule has 0 saturated heterocycles. The van der Waals surface area contributed by atoms with Gasteiger partial charge in [0.15, 0.2) is 6.29 Å². The number of carbonyl (C=O) groups excluding carboxylic acids is 1. The lowest BCUT2D eigenvalue weighted by molar-refractivity contribution is 0.0196. The van der Waals surface area contributed by atoms with E-state index in [4.69, 9.17) is 0 Å². The summed E-state index contributed by atoms with van der Waals surface area (Å²) < 4.78 is 13.1. The van der Waals surface area contributed by atoms with E-state index in [9.17, 15) is 19.4 Å². The predicted molar refractivity (Wildman–Crippen MR) is 54.5 cm³/mol. The molecule has 1 aromatic rings. The van der Waals surface area contributed by atoms with E-state index >= 15 is 0 Å². The van der Waals surface area contributed by atoms with Gasteiger partial charge in [0.25, 0.3) is 0 Å². The van der Waals surface area contributed by atoms with Crippen molar-refractivity contribution in [3.05, 3.63) is 29.3 Å². The van der Waals surface area contributed by atoms with Gasteiger partial charge >= 0.3 is 0 Å². The maximum Gasteiger partial charge on any atom is 0.223 e. The van der Waals surface area contributed by atoms with E-state index in [0.717, 1.165) is 6.20 Å². The SMILES string of the molecule is CNCC(O)C(O)c1ccnc(F)c1C=O. The Balaban J connectivity index is 3.03. The van der Waals surface area contributed by atoms with Crippen LogP contribution in [0.4, 0.5) is 4.39 Å². The topological polar surface area (TPSA) is 82.4 Å². The molecule has 16 heavy (non-hydrogen) atoms. The van der Waals surface area contributed by atoms with Crippen molar-refractivity contribution in [3.63, 3.8) is 0 Å². The van der Waals surface area contributed by atoms with Gasteiger partial charge in [0.2, 0.25) is 5.95 Å². The van der Waals surface area contributed by atoms with Crippen LogP contribution in [0.3, 0.4) is 0 Å². The van der Waals surface area contributed by atoms with Crippen LogP contribution < -0.4 is 5.32 Å². The second-order valence-corrected chi connectivity index (χ2v) is 3.29. The number of halogens is 1. The molecule has 0 radical (unpaired) electrons. The largest absolute Gasteiger partial charge is 0.389 e. The molecule has 0 aliphatic heterocycles. The normalized spacial score (nSPS) is 14.5. The summed E-state index contributed by atoms with van der Waals surface area (Å²) >= 11 is 0. The summed E-state index contributed by atoms with van der Waals surface area (Å²) in [4.78, 5) is 13.9. The van der Waals surface area contributed by atoms with Crippen molar-refractivity contribution >= 4 is 6.29 Å². The maximum atomic E-state index is 13.1. The van der Waals surface area contributed by atoms with Crippen LogP contribution in [0.1, 0.15) is 22.0 Å². The molecule has 6 heteroatoms. The van der Waals surface area contributed by atoms with Crippen LogP contribution in [-0.4, -0.2) is 41.2 Å². The zero-order chi connectivity index (χ0) is 12.1. The molecular formula is C10H13FN2O3. The number of nitrogens with one attached hydrogen (secondary N) is 1. The number of aromatic nitrogens is 1. The third kappa shape index (κ3) is 2.60. The highest BCUT2D eigenvalue weighted by Gasteiger charge is 2.22. The first-order valence-electron chi connectivity index (χ1n) is 4.72. The van der Waals surface area contributed by atoms with Crippen LogP contribution in [0.25, 0.3) is 0 Å². The second-order valence-electron chi connectivity index (χ2n) is 3.29. The highest BCUT2D eigenvalue weighted by atomic mass is 19.1. The van der Waals surface area contributed by atoms with Gasteiger partial charge in [-0.2, -0.15) is 4.39 Å². The zero-order valence-electron chi connectivity index (χ0n) is 8.72. The first-order chi connectivity index (χ1) is 7.61. The smallest absolute Gasteiger partial charge is 0.223 e. The van der Waals surface area contributed by atoms with Crippen molar-refractivity contribution in [2.75, 3.05) is 13.6 Å². The lowest BCUT2D eigenvalue weighted by Gasteiger charge is -2.18. The van der Waals surface area contributed by atoms with Gasteiger partial charge in [0, 0.05) is 12.7 Å². The number of hydrogen-bond donors (Lipinski definition) is 3. The van der Waals surface area contributed by atoms with Crippen molar-refractivity contribution in [1.82, 2.24) is 10.3 Å². The third-order valence-electron chi connectivity index (χ3n) is 2.19. The van der Waals surface area contributed by atoms with E-state index in [-0.39, 0.29) is 24.0 Å². The molecule has 1 heterocycles. The van der Waals surface area contributed by atoms with Gasteiger partial charge in [-0.15, -0.1) is 0 Å². The van der Waals surface area contributed by atoms with Crippen molar-refractivity contribution in [2.45, 2.75) is 12.2 Å². The molecule has 0 saturated carbocycles. The summed E-state index contributed by atoms with van der Waals surface area (Å²) in [5.74, 6) is -0.955. The van der Waals surface area contributed by atoms with Gasteiger partial charge in [0.05, 0.1) is 11.7 Å². The van der Waals surface area contributed by atoms with Crippen molar-refractivity contribution in [3.8, 4) is 0 Å². The van der Waals surface area contributed by atoms with E-state index in [1.54, 1.807) is 7.05 Å². The van der Waals surface area contributed by atoms with Crippen molar-refractivity contribution in [1.29, 1.82) is 0 Å². The Labute approximate surface area is 91.9 Å². The van der Waals surface area contributed by atoms with Gasteiger partial charge in [-0.25, -0.2) is 4.98 Å². The Bertz CT molecular complexity index is 373. The minimum absolute atomic E-state index is 0.0326. The summed E-state index contributed by atoms with van der Waals surface area (Å²) in [6.07, 6.45) is -1.05. The van der Waals surface area contributed by atoms with Crippen LogP contribution in [0.15, 0.2) is 12.3 Å². The van der Waals surface area contributed by atoms with Crippen LogP contribution >= 0.6 is 0 Å². The second kappa shape index (κ2) is 5.64. The Hall–Kier alpha value is -1.37. The van der Waals surface area contributed by atoms with Gasteiger partial charge < -0.3 is 15.5 Å². The molecule has 0 aliphatic carbocycles. The number of aliphatic hydroxyl groups is 2. The van der Waals surface area contributed by atoms with Crippen LogP contribution in [0.5, 0.6) is 0 Å². The first-order valence-corrected chi connectivity index (χ1v) is 4.72. The molecule has 0 bridgehead atoms. The molecule has 1 aromatic heterocycles. The molecule has 88 valence electrons. The molecule has 0 spiro atoms. The lowest BCUT2D eigenvalue weighted by atomic mass is 10.0. The monoisotopic (exact) mass is 228 g/mol. The van der Waals surface area contributed by atoms with Gasteiger partial charge in [-0.1, -0.05) is 0 Å². The molecule has 2 unspecified atom stereocenters. The fraction of sp³-hybridized carbons (Fsp3) is 0.400. The number of rotatable bonds is 5. The maximum absolute atomic E-state index is 13.1. The highest BCUT2D eigenvalue weighted by molar-refractivity contribution is 5.77. The number of likely N-dealkylation sites (N-methyl/N-ethyl adjacent to an activating group) is 1. The molecule has 0 amide bonds. The van der Waals surface area contributed by atoms with Crippen LogP contribution in [-0.2, 0) is 0 Å². The van der Waals surface area contributed by atoms with E-state index in [2.05, 4.69) is 10.3 Å². The van der Waals surface area contributed by atoms with E-state index in [1.807, 2.05) is 0 Å². The van der Waals surface area contributed by atoms with Crippen LogP contribution in [0, 0.1) is 5.95 Å². The van der Waals surface area contributed by atoms with E-state index < -0.39 is 18.2 Å². The summed E-state index contributed by atoms with van der Waals surface area (Å²) in [5.41, 5.74) is -0.296. The summed E-state index contributed by atoms with van der Waals surface area (Å²) in [7, 11) is 1.60. The molecular weight excluding hydrogens is 215 g/mol. The Morgan fingerprint density at radius 1 is 1.62 bits per heavy atom. The third-order valence-corrected chi connectivity index (χ3v) is 2.19. The standard InChI is InChI=1S/C10H13FN2O3/c1-12-4-8(15)9(16)6-2-3-13-10(11)7(6)5-14/h2-3,5,8-9,12,15-16H,4H2,1H3. The van der Waals surface area contributed by atoms with E-state index in [1.165, 1.54) is 6.07 Å². The Kier molecular flexibility index (Phi) is 4.48. The predicted octanol–water partition coefficient (Wildman–Crippen LogP) is -0.353. The summed E-state index contributed by atoms with van der Waals surface area (Å²) in [5, 5.41) is 21.9. The number of aldehydes is 1. The average Bonchev–Trinajstić information content (AvgIpc) is 2.28. The number of aliphatic hydroxyl groups excluding tert-OH is 2. The minimum Gasteiger partial charge on any atom is -0.389 e. The number of nitrogens with zero attached hydrogens (tertiary/aromatic N) is 1. The minimum atomic E-state index is -1.33. The van der Waals surface area contributed by atoms with Gasteiger partial charge in [-0.05, 0) is 18.7 Å². The Morgan fingerprint density at radius 2 is 2.31 bits per heavy atom. The molecule has 2 atom stereocenters. The average molecular weight is 228 g/mol. The zero-order valence-corrected chi connectivity index (χ0v) is 8.72. The Morgan fingerprint density at radius 3 is 2.88 bits per heavy atom. The first kappa shape index (κ1) is 12.7. The fourth-order valence-electron chi connectivity index (χ4n) is 1.36. The van der Waals surface area contributed by atoms with Crippen molar-refractivity contribution < 1.29 is 19.4 Å². The molecule has 1 rings (SSSR count). The number of hydrogen-bond acceptors (Lipinski definition) is 5. The van der Waals surface area contributed by atoms with Crippen LogP contribution in [0.2, 0.25) is 0 Å². The van der Waals surface area contributed by atoms with Gasteiger partial charge in [-0.3, -0.25) is 4.79 Å². The molecule has 0 fully saturated rings. The lowest BCUT2D eigenvalue weighted by Crippen LogP contribution is -2.30. The quantitative estimate of drug-likeness (QED) is 0.474. The molecule has 5 nitrogen and oxygen atoms in total. The molecule has 3 N–H and O–H groups in total. The fourth-order valence-corrected chi connectivity index (χ4v) is 1.36. The molecule has 0 aromatic carbocycles. The van der Waals surface area contributed by atoms with Crippen molar-refractivity contribution in [2.24, 2.45) is 0 Å². The van der Waals surface area contributed by atoms with E-state index in [0.29, 0.717) is 0 Å². The van der Waals surface area contributed by atoms with Gasteiger partial charge in [0.1, 0.15) is 6.10 Å². The summed E-state index contributed by atoms with van der Waals surface area (Å²) in [6, 6.07) is 1.30. The summed E-state index contributed by atoms with van der Waals surface area (Å²) in [6.45, 7) is 0.128. The molecule has 0 aliphatic rings. The number of carbonyl (C=O) groups is 1. The number of pyridine rings is 1. The highest BCUT2D eigenvalue weighted by Crippen LogP contribution is 2.20.